The van der Waals surface area contributed by atoms with Gasteiger partial charge in [0.1, 0.15) is 0 Å². The zero-order valence-electron chi connectivity index (χ0n) is 13.3. The lowest BCUT2D eigenvalue weighted by molar-refractivity contribution is -0.138. The molecular weight excluding hydrogens is 270 g/mol. The molecule has 0 atom stereocenters. The van der Waals surface area contributed by atoms with Gasteiger partial charge < -0.3 is 14.6 Å². The Kier molecular flexibility index (Phi) is 7.02. The highest BCUT2D eigenvalue weighted by atomic mass is 16.5. The Labute approximate surface area is 126 Å². The normalized spacial score (nSPS) is 11.0. The van der Waals surface area contributed by atoms with E-state index >= 15 is 0 Å². The number of carbonyl (C=O) groups is 1. The summed E-state index contributed by atoms with van der Waals surface area (Å²) in [5, 5.41) is 8.95. The molecule has 0 spiro atoms. The van der Waals surface area contributed by atoms with Crippen molar-refractivity contribution in [3.63, 3.8) is 0 Å². The van der Waals surface area contributed by atoms with Gasteiger partial charge in [0.25, 0.3) is 0 Å². The molecule has 1 aromatic carbocycles. The maximum Gasteiger partial charge on any atom is 0.317 e. The van der Waals surface area contributed by atoms with Crippen LogP contribution in [-0.4, -0.2) is 42.3 Å². The first-order chi connectivity index (χ1) is 9.96. The van der Waals surface area contributed by atoms with Crippen molar-refractivity contribution in [3.8, 4) is 11.5 Å². The van der Waals surface area contributed by atoms with E-state index in [1.165, 1.54) is 0 Å². The third kappa shape index (κ3) is 6.04. The second-order valence-electron chi connectivity index (χ2n) is 5.26. The van der Waals surface area contributed by atoms with Crippen LogP contribution in [0.15, 0.2) is 18.2 Å². The molecule has 0 unspecified atom stereocenters. The lowest BCUT2D eigenvalue weighted by Gasteiger charge is -2.20. The average Bonchev–Trinajstić information content (AvgIpc) is 2.39. The number of rotatable bonds is 9. The maximum absolute atomic E-state index is 10.9. The molecule has 0 heterocycles. The Balaban J connectivity index is 2.84. The summed E-state index contributed by atoms with van der Waals surface area (Å²) in [5.74, 6) is 0.569. The van der Waals surface area contributed by atoms with Crippen molar-refractivity contribution in [3.05, 3.63) is 23.8 Å². The predicted molar refractivity (Wildman–Crippen MR) is 82.0 cm³/mol. The molecule has 0 radical (unpaired) electrons. The molecule has 1 rings (SSSR count). The molecule has 5 nitrogen and oxygen atoms in total. The molecule has 1 aromatic rings. The molecule has 5 heteroatoms. The maximum atomic E-state index is 10.9. The second kappa shape index (κ2) is 8.52. The van der Waals surface area contributed by atoms with Crippen LogP contribution in [0.3, 0.4) is 0 Å². The van der Waals surface area contributed by atoms with Gasteiger partial charge in [-0.3, -0.25) is 9.69 Å². The van der Waals surface area contributed by atoms with Crippen LogP contribution in [0.2, 0.25) is 0 Å². The van der Waals surface area contributed by atoms with E-state index in [9.17, 15) is 4.79 Å². The molecule has 0 aliphatic carbocycles. The molecule has 0 bridgehead atoms. The lowest BCUT2D eigenvalue weighted by atomic mass is 10.1. The highest BCUT2D eigenvalue weighted by Gasteiger charge is 2.12. The number of carboxylic acids is 1. The van der Waals surface area contributed by atoms with Gasteiger partial charge >= 0.3 is 5.97 Å². The highest BCUT2D eigenvalue weighted by Crippen LogP contribution is 2.29. The van der Waals surface area contributed by atoms with Crippen LogP contribution in [0.4, 0.5) is 0 Å². The second-order valence-corrected chi connectivity index (χ2v) is 5.26. The van der Waals surface area contributed by atoms with Crippen molar-refractivity contribution in [2.75, 3.05) is 20.2 Å². The molecule has 1 N–H and O–H groups in total. The number of hydrogen-bond acceptors (Lipinski definition) is 4. The summed E-state index contributed by atoms with van der Waals surface area (Å²) in [6.45, 7) is 7.33. The molecule has 21 heavy (non-hydrogen) atoms. The number of ether oxygens (including phenoxy) is 2. The minimum atomic E-state index is -0.810. The van der Waals surface area contributed by atoms with Crippen molar-refractivity contribution in [2.45, 2.75) is 39.8 Å². The zero-order chi connectivity index (χ0) is 15.8. The first-order valence-corrected chi connectivity index (χ1v) is 7.24. The van der Waals surface area contributed by atoms with E-state index in [1.54, 1.807) is 7.11 Å². The van der Waals surface area contributed by atoms with Crippen molar-refractivity contribution >= 4 is 5.97 Å². The van der Waals surface area contributed by atoms with Crippen molar-refractivity contribution in [2.24, 2.45) is 0 Å². The Hall–Kier alpha value is -1.75. The summed E-state index contributed by atoms with van der Waals surface area (Å²) < 4.78 is 11.0. The van der Waals surface area contributed by atoms with E-state index in [-0.39, 0.29) is 12.6 Å². The fourth-order valence-corrected chi connectivity index (χ4v) is 2.14. The minimum Gasteiger partial charge on any atom is -0.493 e. The summed E-state index contributed by atoms with van der Waals surface area (Å²) >= 11 is 0. The number of methoxy groups -OCH3 is 1. The zero-order valence-corrected chi connectivity index (χ0v) is 13.3. The topological polar surface area (TPSA) is 59.0 Å². The summed E-state index contributed by atoms with van der Waals surface area (Å²) in [5.41, 5.74) is 1.01. The first-order valence-electron chi connectivity index (χ1n) is 7.24. The number of benzene rings is 1. The fourth-order valence-electron chi connectivity index (χ4n) is 2.14. The van der Waals surface area contributed by atoms with Gasteiger partial charge in [-0.1, -0.05) is 13.0 Å². The molecule has 0 aromatic heterocycles. The van der Waals surface area contributed by atoms with Gasteiger partial charge in [-0.25, -0.2) is 0 Å². The van der Waals surface area contributed by atoms with E-state index in [4.69, 9.17) is 14.6 Å². The predicted octanol–water partition coefficient (Wildman–Crippen LogP) is 2.78. The van der Waals surface area contributed by atoms with Crippen LogP contribution < -0.4 is 9.47 Å². The molecule has 118 valence electrons. The summed E-state index contributed by atoms with van der Waals surface area (Å²) in [4.78, 5) is 12.8. The molecule has 0 fully saturated rings. The van der Waals surface area contributed by atoms with Crippen LogP contribution >= 0.6 is 0 Å². The average molecular weight is 295 g/mol. The molecule has 0 aliphatic heterocycles. The van der Waals surface area contributed by atoms with Crippen molar-refractivity contribution in [1.82, 2.24) is 4.90 Å². The third-order valence-electron chi connectivity index (χ3n) is 2.90. The van der Waals surface area contributed by atoms with E-state index < -0.39 is 5.97 Å². The number of carboxylic acid groups (broad SMARTS) is 1. The van der Waals surface area contributed by atoms with Gasteiger partial charge in [0.05, 0.1) is 19.8 Å². The van der Waals surface area contributed by atoms with Gasteiger partial charge in [-0.15, -0.1) is 0 Å². The monoisotopic (exact) mass is 295 g/mol. The lowest BCUT2D eigenvalue weighted by Crippen LogP contribution is -2.30. The largest absolute Gasteiger partial charge is 0.493 e. The summed E-state index contributed by atoms with van der Waals surface area (Å²) in [6.07, 6.45) is 0.993. The molecule has 0 aliphatic rings. The van der Waals surface area contributed by atoms with E-state index in [0.717, 1.165) is 18.5 Å². The number of nitrogens with zero attached hydrogens (tertiary/aromatic N) is 1. The Morgan fingerprint density at radius 3 is 2.57 bits per heavy atom. The number of hydrogen-bond donors (Lipinski definition) is 1. The van der Waals surface area contributed by atoms with E-state index in [0.29, 0.717) is 18.0 Å². The van der Waals surface area contributed by atoms with Crippen LogP contribution in [0.5, 0.6) is 11.5 Å². The van der Waals surface area contributed by atoms with Gasteiger partial charge in [-0.2, -0.15) is 0 Å². The van der Waals surface area contributed by atoms with Gasteiger partial charge in [0, 0.05) is 6.54 Å². The Morgan fingerprint density at radius 1 is 1.33 bits per heavy atom. The summed E-state index contributed by atoms with van der Waals surface area (Å²) in [6, 6.07) is 5.73. The van der Waals surface area contributed by atoms with Crippen LogP contribution in [0.1, 0.15) is 32.8 Å². The van der Waals surface area contributed by atoms with Crippen LogP contribution in [-0.2, 0) is 11.3 Å². The summed E-state index contributed by atoms with van der Waals surface area (Å²) in [7, 11) is 1.60. The quantitative estimate of drug-likeness (QED) is 0.759. The standard InChI is InChI=1S/C16H25NO4/c1-5-8-17(11-16(18)19)10-13-6-7-14(21-12(2)3)15(9-13)20-4/h6-7,9,12H,5,8,10-11H2,1-4H3,(H,18,19). The molecular formula is C16H25NO4. The molecule has 0 saturated heterocycles. The van der Waals surface area contributed by atoms with Gasteiger partial charge in [-0.05, 0) is 44.5 Å². The third-order valence-corrected chi connectivity index (χ3v) is 2.90. The van der Waals surface area contributed by atoms with Gasteiger partial charge in [0.15, 0.2) is 11.5 Å². The SMILES string of the molecule is CCCN(CC(=O)O)Cc1ccc(OC(C)C)c(OC)c1. The van der Waals surface area contributed by atoms with E-state index in [2.05, 4.69) is 0 Å². The van der Waals surface area contributed by atoms with Crippen LogP contribution in [0.25, 0.3) is 0 Å². The minimum absolute atomic E-state index is 0.0421. The number of aliphatic carboxylic acids is 1. The Bertz CT molecular complexity index is 460. The van der Waals surface area contributed by atoms with E-state index in [1.807, 2.05) is 43.9 Å². The van der Waals surface area contributed by atoms with Crippen molar-refractivity contribution in [1.29, 1.82) is 0 Å². The Morgan fingerprint density at radius 2 is 2.05 bits per heavy atom. The van der Waals surface area contributed by atoms with Crippen molar-refractivity contribution < 1.29 is 19.4 Å². The van der Waals surface area contributed by atoms with Gasteiger partial charge in [0.2, 0.25) is 0 Å². The smallest absolute Gasteiger partial charge is 0.317 e. The van der Waals surface area contributed by atoms with Crippen LogP contribution in [0, 0.1) is 0 Å². The molecule has 0 saturated carbocycles. The first kappa shape index (κ1) is 17.3. The highest BCUT2D eigenvalue weighted by molar-refractivity contribution is 5.69. The fraction of sp³-hybridized carbons (Fsp3) is 0.562. The molecule has 0 amide bonds.